The molecule has 3 heterocycles. The maximum atomic E-state index is 12.5. The molecule has 1 saturated heterocycles. The highest BCUT2D eigenvalue weighted by molar-refractivity contribution is 6.29. The van der Waals surface area contributed by atoms with Crippen molar-refractivity contribution in [2.45, 2.75) is 38.6 Å². The zero-order valence-corrected chi connectivity index (χ0v) is 12.6. The lowest BCUT2D eigenvalue weighted by molar-refractivity contribution is 0.0696. The van der Waals surface area contributed by atoms with Crippen LogP contribution in [0.3, 0.4) is 0 Å². The summed E-state index contributed by atoms with van der Waals surface area (Å²) in [5, 5.41) is 4.22. The predicted molar refractivity (Wildman–Crippen MR) is 75.1 cm³/mol. The number of likely N-dealkylation sites (tertiary alicyclic amines) is 1. The number of hydrogen-bond donors (Lipinski definition) is 0. The molecule has 2 aromatic heterocycles. The minimum Gasteiger partial charge on any atom is -0.440 e. The lowest BCUT2D eigenvalue weighted by Gasteiger charge is -2.20. The molecule has 1 aliphatic rings. The summed E-state index contributed by atoms with van der Waals surface area (Å²) in [6.07, 6.45) is 1.72. The fraction of sp³-hybridized carbons (Fsp3) is 0.500. The number of furan rings is 1. The number of carbonyl (C=O) groups is 1. The van der Waals surface area contributed by atoms with Crippen molar-refractivity contribution in [3.8, 4) is 0 Å². The standard InChI is InChI=1S/C14H16ClN3O3/c1-8(2)13-16-12(17-21-13)9-4-3-7-18(9)14(19)10-5-6-11(15)20-10/h5-6,8-9H,3-4,7H2,1-2H3/t9-/m1/s1. The lowest BCUT2D eigenvalue weighted by atomic mass is 10.2. The Labute approximate surface area is 127 Å². The SMILES string of the molecule is CC(C)c1nc([C@H]2CCCN2C(=O)c2ccc(Cl)o2)no1. The molecule has 3 rings (SSSR count). The maximum absolute atomic E-state index is 12.5. The van der Waals surface area contributed by atoms with Gasteiger partial charge >= 0.3 is 0 Å². The molecular formula is C14H16ClN3O3. The Morgan fingerprint density at radius 3 is 2.90 bits per heavy atom. The summed E-state index contributed by atoms with van der Waals surface area (Å²) >= 11 is 5.73. The Bertz CT molecular complexity index is 649. The van der Waals surface area contributed by atoms with Crippen LogP contribution in [0.4, 0.5) is 0 Å². The van der Waals surface area contributed by atoms with Crippen LogP contribution in [0.25, 0.3) is 0 Å². The van der Waals surface area contributed by atoms with Gasteiger partial charge in [0.25, 0.3) is 5.91 Å². The number of hydrogen-bond acceptors (Lipinski definition) is 5. The number of halogens is 1. The van der Waals surface area contributed by atoms with Crippen LogP contribution in [0.5, 0.6) is 0 Å². The molecule has 1 fully saturated rings. The van der Waals surface area contributed by atoms with Gasteiger partial charge in [-0.15, -0.1) is 0 Å². The Hall–Kier alpha value is -1.82. The van der Waals surface area contributed by atoms with Crippen LogP contribution in [-0.4, -0.2) is 27.5 Å². The predicted octanol–water partition coefficient (Wildman–Crippen LogP) is 3.42. The van der Waals surface area contributed by atoms with Crippen LogP contribution in [0.2, 0.25) is 5.22 Å². The summed E-state index contributed by atoms with van der Waals surface area (Å²) in [6.45, 7) is 4.62. The average molecular weight is 310 g/mol. The number of nitrogens with zero attached hydrogens (tertiary/aromatic N) is 3. The zero-order chi connectivity index (χ0) is 15.0. The molecule has 0 N–H and O–H groups in total. The van der Waals surface area contributed by atoms with Crippen LogP contribution in [-0.2, 0) is 0 Å². The summed E-state index contributed by atoms with van der Waals surface area (Å²) in [4.78, 5) is 18.6. The minimum absolute atomic E-state index is 0.167. The van der Waals surface area contributed by atoms with Crippen molar-refractivity contribution in [2.75, 3.05) is 6.54 Å². The van der Waals surface area contributed by atoms with Gasteiger partial charge in [-0.3, -0.25) is 4.79 Å². The van der Waals surface area contributed by atoms with E-state index in [-0.39, 0.29) is 28.8 Å². The van der Waals surface area contributed by atoms with Gasteiger partial charge in [0, 0.05) is 12.5 Å². The van der Waals surface area contributed by atoms with E-state index in [4.69, 9.17) is 20.5 Å². The molecule has 21 heavy (non-hydrogen) atoms. The van der Waals surface area contributed by atoms with Gasteiger partial charge in [0.05, 0.1) is 6.04 Å². The molecule has 0 unspecified atom stereocenters. The van der Waals surface area contributed by atoms with E-state index in [2.05, 4.69) is 10.1 Å². The molecule has 112 valence electrons. The minimum atomic E-state index is -0.194. The van der Waals surface area contributed by atoms with E-state index < -0.39 is 0 Å². The van der Waals surface area contributed by atoms with Gasteiger partial charge in [-0.05, 0) is 36.6 Å². The lowest BCUT2D eigenvalue weighted by Crippen LogP contribution is -2.30. The summed E-state index contributed by atoms with van der Waals surface area (Å²) in [5.74, 6) is 1.35. The van der Waals surface area contributed by atoms with Crippen molar-refractivity contribution in [1.29, 1.82) is 0 Å². The van der Waals surface area contributed by atoms with Gasteiger partial charge in [-0.2, -0.15) is 4.98 Å². The Morgan fingerprint density at radius 2 is 2.29 bits per heavy atom. The summed E-state index contributed by atoms with van der Waals surface area (Å²) in [7, 11) is 0. The second kappa shape index (κ2) is 5.52. The molecule has 1 aliphatic heterocycles. The molecule has 0 bridgehead atoms. The monoisotopic (exact) mass is 309 g/mol. The highest BCUT2D eigenvalue weighted by Gasteiger charge is 2.35. The smallest absolute Gasteiger partial charge is 0.290 e. The fourth-order valence-electron chi connectivity index (χ4n) is 2.47. The maximum Gasteiger partial charge on any atom is 0.290 e. The fourth-order valence-corrected chi connectivity index (χ4v) is 2.61. The van der Waals surface area contributed by atoms with E-state index in [0.717, 1.165) is 12.8 Å². The van der Waals surface area contributed by atoms with Crippen molar-refractivity contribution in [1.82, 2.24) is 15.0 Å². The normalized spacial score (nSPS) is 18.7. The molecule has 2 aromatic rings. The third kappa shape index (κ3) is 2.68. The van der Waals surface area contributed by atoms with Gasteiger partial charge in [-0.25, -0.2) is 0 Å². The van der Waals surface area contributed by atoms with Crippen LogP contribution >= 0.6 is 11.6 Å². The van der Waals surface area contributed by atoms with E-state index in [1.807, 2.05) is 13.8 Å². The zero-order valence-electron chi connectivity index (χ0n) is 11.9. The first-order valence-electron chi connectivity index (χ1n) is 6.96. The summed E-state index contributed by atoms with van der Waals surface area (Å²) in [6, 6.07) is 2.97. The molecule has 6 nitrogen and oxygen atoms in total. The molecule has 0 radical (unpaired) electrons. The van der Waals surface area contributed by atoms with Crippen molar-refractivity contribution in [3.63, 3.8) is 0 Å². The average Bonchev–Trinajstić information content (AvgIpc) is 3.17. The summed E-state index contributed by atoms with van der Waals surface area (Å²) in [5.41, 5.74) is 0. The third-order valence-corrected chi connectivity index (χ3v) is 3.75. The van der Waals surface area contributed by atoms with E-state index in [1.165, 1.54) is 0 Å². The molecule has 1 atom stereocenters. The van der Waals surface area contributed by atoms with E-state index in [9.17, 15) is 4.79 Å². The second-order valence-corrected chi connectivity index (χ2v) is 5.78. The molecule has 1 amide bonds. The molecular weight excluding hydrogens is 294 g/mol. The quantitative estimate of drug-likeness (QED) is 0.868. The van der Waals surface area contributed by atoms with Crippen LogP contribution in [0.1, 0.15) is 60.9 Å². The number of carbonyl (C=O) groups excluding carboxylic acids is 1. The topological polar surface area (TPSA) is 72.4 Å². The molecule has 0 aliphatic carbocycles. The molecule has 0 saturated carbocycles. The number of aromatic nitrogens is 2. The van der Waals surface area contributed by atoms with Gasteiger partial charge in [-0.1, -0.05) is 19.0 Å². The van der Waals surface area contributed by atoms with Crippen molar-refractivity contribution in [2.24, 2.45) is 0 Å². The Kier molecular flexibility index (Phi) is 3.71. The summed E-state index contributed by atoms with van der Waals surface area (Å²) < 4.78 is 10.4. The molecule has 0 aromatic carbocycles. The largest absolute Gasteiger partial charge is 0.440 e. The van der Waals surface area contributed by atoms with Gasteiger partial charge in [0.15, 0.2) is 16.8 Å². The highest BCUT2D eigenvalue weighted by atomic mass is 35.5. The van der Waals surface area contributed by atoms with Crippen molar-refractivity contribution in [3.05, 3.63) is 34.8 Å². The molecule has 0 spiro atoms. The van der Waals surface area contributed by atoms with E-state index >= 15 is 0 Å². The number of rotatable bonds is 3. The Morgan fingerprint density at radius 1 is 1.48 bits per heavy atom. The molecule has 7 heteroatoms. The van der Waals surface area contributed by atoms with Gasteiger partial charge in [0.1, 0.15) is 0 Å². The van der Waals surface area contributed by atoms with Crippen LogP contribution in [0, 0.1) is 0 Å². The third-order valence-electron chi connectivity index (χ3n) is 3.55. The van der Waals surface area contributed by atoms with Crippen molar-refractivity contribution >= 4 is 17.5 Å². The van der Waals surface area contributed by atoms with E-state index in [0.29, 0.717) is 18.3 Å². The number of amides is 1. The first-order valence-corrected chi connectivity index (χ1v) is 7.34. The highest BCUT2D eigenvalue weighted by Crippen LogP contribution is 2.32. The van der Waals surface area contributed by atoms with Crippen molar-refractivity contribution < 1.29 is 13.7 Å². The van der Waals surface area contributed by atoms with Crippen LogP contribution < -0.4 is 0 Å². The second-order valence-electron chi connectivity index (χ2n) is 5.41. The first-order chi connectivity index (χ1) is 10.1. The van der Waals surface area contributed by atoms with Gasteiger partial charge < -0.3 is 13.8 Å². The van der Waals surface area contributed by atoms with Gasteiger partial charge in [0.2, 0.25) is 5.89 Å². The van der Waals surface area contributed by atoms with Crippen LogP contribution in [0.15, 0.2) is 21.1 Å². The van der Waals surface area contributed by atoms with E-state index in [1.54, 1.807) is 17.0 Å². The first kappa shape index (κ1) is 14.1. The Balaban J connectivity index is 1.83.